The van der Waals surface area contributed by atoms with E-state index in [4.69, 9.17) is 16.7 Å². The Morgan fingerprint density at radius 3 is 3.05 bits per heavy atom. The molecule has 1 saturated heterocycles. The quantitative estimate of drug-likeness (QED) is 0.740. The highest BCUT2D eigenvalue weighted by Crippen LogP contribution is 2.36. The van der Waals surface area contributed by atoms with Crippen LogP contribution in [-0.2, 0) is 0 Å². The summed E-state index contributed by atoms with van der Waals surface area (Å²) in [6, 6.07) is -0.223. The van der Waals surface area contributed by atoms with Crippen molar-refractivity contribution in [3.8, 4) is 6.01 Å². The van der Waals surface area contributed by atoms with Gasteiger partial charge in [-0.15, -0.1) is 0 Å². The van der Waals surface area contributed by atoms with Gasteiger partial charge < -0.3 is 20.1 Å². The van der Waals surface area contributed by atoms with Crippen LogP contribution in [0.1, 0.15) is 17.9 Å². The average Bonchev–Trinajstić information content (AvgIpc) is 2.94. The van der Waals surface area contributed by atoms with Crippen LogP contribution in [0.15, 0.2) is 6.20 Å². The summed E-state index contributed by atoms with van der Waals surface area (Å²) < 4.78 is 0. The van der Waals surface area contributed by atoms with Gasteiger partial charge >= 0.3 is 6.09 Å². The van der Waals surface area contributed by atoms with Gasteiger partial charge in [0.25, 0.3) is 6.01 Å². The minimum absolute atomic E-state index is 0.0195. The molecule has 1 atom stereocenters. The van der Waals surface area contributed by atoms with Crippen LogP contribution in [0.5, 0.6) is 6.01 Å². The molecule has 1 amide bonds. The van der Waals surface area contributed by atoms with Crippen molar-refractivity contribution in [3.05, 3.63) is 16.8 Å². The molecule has 0 aromatic carbocycles. The molecule has 0 aliphatic carbocycles. The van der Waals surface area contributed by atoms with Crippen LogP contribution in [0.3, 0.4) is 0 Å². The van der Waals surface area contributed by atoms with E-state index in [0.29, 0.717) is 35.7 Å². The van der Waals surface area contributed by atoms with E-state index in [9.17, 15) is 9.90 Å². The lowest BCUT2D eigenvalue weighted by Gasteiger charge is -2.14. The zero-order chi connectivity index (χ0) is 13.6. The van der Waals surface area contributed by atoms with E-state index >= 15 is 0 Å². The van der Waals surface area contributed by atoms with E-state index in [1.807, 2.05) is 0 Å². The van der Waals surface area contributed by atoms with Gasteiger partial charge in [-0.25, -0.2) is 9.78 Å². The molecule has 0 spiro atoms. The van der Waals surface area contributed by atoms with Crippen molar-refractivity contribution in [3.63, 3.8) is 0 Å². The molecule has 8 heteroatoms. The summed E-state index contributed by atoms with van der Waals surface area (Å²) in [5.41, 5.74) is 1.72. The molecule has 2 aromatic heterocycles. The highest BCUT2D eigenvalue weighted by atomic mass is 35.5. The minimum Gasteiger partial charge on any atom is -0.480 e. The largest absolute Gasteiger partial charge is 0.480 e. The van der Waals surface area contributed by atoms with Crippen molar-refractivity contribution >= 4 is 28.9 Å². The molecule has 1 aliphatic heterocycles. The van der Waals surface area contributed by atoms with E-state index in [0.717, 1.165) is 5.56 Å². The summed E-state index contributed by atoms with van der Waals surface area (Å²) in [7, 11) is 0. The van der Waals surface area contributed by atoms with Crippen molar-refractivity contribution in [2.75, 3.05) is 13.1 Å². The van der Waals surface area contributed by atoms with Gasteiger partial charge in [-0.1, -0.05) is 11.6 Å². The van der Waals surface area contributed by atoms with E-state index in [-0.39, 0.29) is 11.9 Å². The highest BCUT2D eigenvalue weighted by Gasteiger charge is 2.30. The standard InChI is InChI=1S/C11H11ClN4O3/c12-6-3-13-9-8(14-10(17)15-9)7(6)5-1-2-16(4-5)11(18)19/h3,5H,1-2,4H2,(H,18,19)(H2,13,14,15,17)/t5-/m0/s1. The molecule has 1 aliphatic rings. The molecule has 3 N–H and O–H groups in total. The van der Waals surface area contributed by atoms with Crippen LogP contribution in [-0.4, -0.2) is 49.2 Å². The van der Waals surface area contributed by atoms with Crippen LogP contribution in [0.4, 0.5) is 4.79 Å². The van der Waals surface area contributed by atoms with Gasteiger partial charge in [0.05, 0.1) is 10.5 Å². The number of nitrogens with zero attached hydrogens (tertiary/aromatic N) is 3. The van der Waals surface area contributed by atoms with Crippen LogP contribution < -0.4 is 0 Å². The molecule has 0 unspecified atom stereocenters. The van der Waals surface area contributed by atoms with Crippen LogP contribution in [0.25, 0.3) is 11.2 Å². The number of likely N-dealkylation sites (tertiary alicyclic amines) is 1. The van der Waals surface area contributed by atoms with E-state index in [1.54, 1.807) is 0 Å². The number of hydrogen-bond donors (Lipinski definition) is 3. The number of rotatable bonds is 1. The van der Waals surface area contributed by atoms with Crippen molar-refractivity contribution in [2.24, 2.45) is 0 Å². The SMILES string of the molecule is O=C(O)N1CC[C@H](c2c(Cl)cnc3nc(O)[nH]c23)C1. The topological polar surface area (TPSA) is 102 Å². The number of aromatic nitrogens is 3. The second-order valence-corrected chi connectivity index (χ2v) is 4.90. The van der Waals surface area contributed by atoms with Crippen molar-refractivity contribution in [2.45, 2.75) is 12.3 Å². The monoisotopic (exact) mass is 282 g/mol. The Balaban J connectivity index is 2.05. The number of carbonyl (C=O) groups is 1. The number of aromatic hydroxyl groups is 1. The Morgan fingerprint density at radius 1 is 1.58 bits per heavy atom. The predicted octanol–water partition coefficient (Wildman–Crippen LogP) is 1.78. The molecule has 100 valence electrons. The van der Waals surface area contributed by atoms with Crippen molar-refractivity contribution in [1.29, 1.82) is 0 Å². The summed E-state index contributed by atoms with van der Waals surface area (Å²) in [5, 5.41) is 18.8. The maximum absolute atomic E-state index is 11.0. The summed E-state index contributed by atoms with van der Waals surface area (Å²) >= 11 is 6.16. The van der Waals surface area contributed by atoms with Gasteiger partial charge in [0, 0.05) is 30.8 Å². The molecular formula is C11H11ClN4O3. The van der Waals surface area contributed by atoms with Gasteiger partial charge in [0.15, 0.2) is 5.65 Å². The molecule has 1 fully saturated rings. The number of fused-ring (bicyclic) bond motifs is 1. The number of H-pyrrole nitrogens is 1. The number of hydrogen-bond acceptors (Lipinski definition) is 4. The van der Waals surface area contributed by atoms with E-state index in [2.05, 4.69) is 15.0 Å². The molecule has 19 heavy (non-hydrogen) atoms. The normalized spacial score (nSPS) is 19.2. The van der Waals surface area contributed by atoms with E-state index in [1.165, 1.54) is 11.1 Å². The fourth-order valence-electron chi connectivity index (χ4n) is 2.51. The van der Waals surface area contributed by atoms with Crippen LogP contribution in [0, 0.1) is 0 Å². The molecule has 3 rings (SSSR count). The second kappa shape index (κ2) is 4.27. The second-order valence-electron chi connectivity index (χ2n) is 4.49. The number of amides is 1. The smallest absolute Gasteiger partial charge is 0.407 e. The van der Waals surface area contributed by atoms with Gasteiger partial charge in [-0.05, 0) is 6.42 Å². The molecule has 3 heterocycles. The third kappa shape index (κ3) is 1.95. The Labute approximate surface area is 112 Å². The third-order valence-electron chi connectivity index (χ3n) is 3.37. The number of imidazole rings is 1. The summed E-state index contributed by atoms with van der Waals surface area (Å²) in [4.78, 5) is 22.9. The summed E-state index contributed by atoms with van der Waals surface area (Å²) in [6.45, 7) is 0.855. The zero-order valence-corrected chi connectivity index (χ0v) is 10.6. The first-order chi connectivity index (χ1) is 9.06. The number of nitrogens with one attached hydrogen (secondary N) is 1. The number of pyridine rings is 1. The fourth-order valence-corrected chi connectivity index (χ4v) is 2.81. The average molecular weight is 283 g/mol. The maximum Gasteiger partial charge on any atom is 0.407 e. The van der Waals surface area contributed by atoms with Gasteiger partial charge in [-0.2, -0.15) is 4.98 Å². The first kappa shape index (κ1) is 12.0. The van der Waals surface area contributed by atoms with Crippen molar-refractivity contribution in [1.82, 2.24) is 19.9 Å². The molecular weight excluding hydrogens is 272 g/mol. The fraction of sp³-hybridized carbons (Fsp3) is 0.364. The Bertz CT molecular complexity index is 657. The number of carboxylic acid groups (broad SMARTS) is 1. The van der Waals surface area contributed by atoms with Crippen molar-refractivity contribution < 1.29 is 15.0 Å². The number of halogens is 1. The minimum atomic E-state index is -0.934. The van der Waals surface area contributed by atoms with Gasteiger partial charge in [-0.3, -0.25) is 0 Å². The predicted molar refractivity (Wildman–Crippen MR) is 67.5 cm³/mol. The Hall–Kier alpha value is -2.02. The van der Waals surface area contributed by atoms with Gasteiger partial charge in [0.2, 0.25) is 0 Å². The molecule has 0 bridgehead atoms. The van der Waals surface area contributed by atoms with E-state index < -0.39 is 6.09 Å². The first-order valence-electron chi connectivity index (χ1n) is 5.77. The first-order valence-corrected chi connectivity index (χ1v) is 6.15. The Kier molecular flexibility index (Phi) is 2.70. The summed E-state index contributed by atoms with van der Waals surface area (Å²) in [5.74, 6) is -0.0195. The lowest BCUT2D eigenvalue weighted by Crippen LogP contribution is -2.26. The molecule has 7 nitrogen and oxygen atoms in total. The van der Waals surface area contributed by atoms with Crippen LogP contribution >= 0.6 is 11.6 Å². The maximum atomic E-state index is 11.0. The van der Waals surface area contributed by atoms with Gasteiger partial charge in [0.1, 0.15) is 0 Å². The molecule has 0 saturated carbocycles. The zero-order valence-electron chi connectivity index (χ0n) is 9.80. The lowest BCUT2D eigenvalue weighted by molar-refractivity contribution is 0.155. The summed E-state index contributed by atoms with van der Waals surface area (Å²) in [6.07, 6.45) is 1.23. The number of aromatic amines is 1. The third-order valence-corrected chi connectivity index (χ3v) is 3.67. The molecule has 2 aromatic rings. The van der Waals surface area contributed by atoms with Crippen LogP contribution in [0.2, 0.25) is 5.02 Å². The highest BCUT2D eigenvalue weighted by molar-refractivity contribution is 6.32. The molecule has 0 radical (unpaired) electrons. The lowest BCUT2D eigenvalue weighted by atomic mass is 9.98. The Morgan fingerprint density at radius 2 is 2.37 bits per heavy atom.